The van der Waals surface area contributed by atoms with Crippen LogP contribution in [-0.2, 0) is 9.84 Å². The van der Waals surface area contributed by atoms with Crippen LogP contribution in [-0.4, -0.2) is 46.5 Å². The van der Waals surface area contributed by atoms with Gasteiger partial charge in [0.2, 0.25) is 0 Å². The average molecular weight is 299 g/mol. The standard InChI is InChI=1S/C13H21N3O3S/c1-4-15-13(17)10-5-6-11(14)12(9-10)16(2)7-8-20(3,18)19/h5-6,9H,4,7-8,14H2,1-3H3,(H,15,17). The van der Waals surface area contributed by atoms with Crippen LogP contribution in [0.5, 0.6) is 0 Å². The third-order valence-electron chi connectivity index (χ3n) is 2.84. The Hall–Kier alpha value is -1.76. The van der Waals surface area contributed by atoms with Gasteiger partial charge < -0.3 is 16.0 Å². The third-order valence-corrected chi connectivity index (χ3v) is 3.76. The number of nitrogens with one attached hydrogen (secondary N) is 1. The molecule has 7 heteroatoms. The van der Waals surface area contributed by atoms with Crippen LogP contribution in [0.15, 0.2) is 18.2 Å². The van der Waals surface area contributed by atoms with E-state index in [0.717, 1.165) is 0 Å². The predicted molar refractivity (Wildman–Crippen MR) is 81.8 cm³/mol. The lowest BCUT2D eigenvalue weighted by molar-refractivity contribution is 0.0956. The smallest absolute Gasteiger partial charge is 0.251 e. The highest BCUT2D eigenvalue weighted by atomic mass is 32.2. The van der Waals surface area contributed by atoms with Crippen molar-refractivity contribution in [2.45, 2.75) is 6.92 Å². The first-order valence-corrected chi connectivity index (χ1v) is 8.37. The SMILES string of the molecule is CCNC(=O)c1ccc(N)c(N(C)CCS(C)(=O)=O)c1. The fourth-order valence-electron chi connectivity index (χ4n) is 1.70. The number of carbonyl (C=O) groups excluding carboxylic acids is 1. The Morgan fingerprint density at radius 1 is 1.40 bits per heavy atom. The summed E-state index contributed by atoms with van der Waals surface area (Å²) >= 11 is 0. The minimum atomic E-state index is -3.04. The molecule has 0 aliphatic rings. The van der Waals surface area contributed by atoms with Crippen LogP contribution >= 0.6 is 0 Å². The van der Waals surface area contributed by atoms with Crippen LogP contribution in [0.4, 0.5) is 11.4 Å². The summed E-state index contributed by atoms with van der Waals surface area (Å²) in [6.45, 7) is 2.71. The van der Waals surface area contributed by atoms with Crippen molar-refractivity contribution in [1.29, 1.82) is 0 Å². The molecule has 0 spiro atoms. The number of nitrogens with zero attached hydrogens (tertiary/aromatic N) is 1. The van der Waals surface area contributed by atoms with Crippen molar-refractivity contribution in [1.82, 2.24) is 5.32 Å². The monoisotopic (exact) mass is 299 g/mol. The Bertz CT molecular complexity index is 585. The quantitative estimate of drug-likeness (QED) is 0.746. The van der Waals surface area contributed by atoms with E-state index in [0.29, 0.717) is 30.0 Å². The zero-order valence-electron chi connectivity index (χ0n) is 12.0. The topological polar surface area (TPSA) is 92.5 Å². The Kier molecular flexibility index (Phi) is 5.38. The lowest BCUT2D eigenvalue weighted by Crippen LogP contribution is -2.27. The van der Waals surface area contributed by atoms with Gasteiger partial charge in [-0.1, -0.05) is 0 Å². The van der Waals surface area contributed by atoms with Crippen molar-refractivity contribution < 1.29 is 13.2 Å². The van der Waals surface area contributed by atoms with E-state index in [1.807, 2.05) is 6.92 Å². The Balaban J connectivity index is 2.93. The van der Waals surface area contributed by atoms with E-state index < -0.39 is 9.84 Å². The maximum atomic E-state index is 11.8. The number of nitrogen functional groups attached to an aromatic ring is 1. The molecule has 1 rings (SSSR count). The molecule has 0 radical (unpaired) electrons. The van der Waals surface area contributed by atoms with Crippen molar-refractivity contribution in [3.05, 3.63) is 23.8 Å². The number of sulfone groups is 1. The highest BCUT2D eigenvalue weighted by Crippen LogP contribution is 2.23. The Morgan fingerprint density at radius 2 is 2.05 bits per heavy atom. The molecule has 0 heterocycles. The van der Waals surface area contributed by atoms with Gasteiger partial charge in [-0.25, -0.2) is 8.42 Å². The van der Waals surface area contributed by atoms with Gasteiger partial charge in [0.25, 0.3) is 5.91 Å². The predicted octanol–water partition coefficient (Wildman–Crippen LogP) is 0.499. The molecule has 20 heavy (non-hydrogen) atoms. The molecule has 0 bridgehead atoms. The summed E-state index contributed by atoms with van der Waals surface area (Å²) in [5.41, 5.74) is 7.54. The molecule has 0 saturated carbocycles. The zero-order chi connectivity index (χ0) is 15.3. The molecule has 1 amide bonds. The minimum Gasteiger partial charge on any atom is -0.397 e. The highest BCUT2D eigenvalue weighted by Gasteiger charge is 2.12. The van der Waals surface area contributed by atoms with E-state index >= 15 is 0 Å². The first kappa shape index (κ1) is 16.3. The number of nitrogens with two attached hydrogens (primary N) is 1. The third kappa shape index (κ3) is 4.73. The van der Waals surface area contributed by atoms with Crippen LogP contribution < -0.4 is 16.0 Å². The van der Waals surface area contributed by atoms with Crippen molar-refractivity contribution in [2.24, 2.45) is 0 Å². The van der Waals surface area contributed by atoms with Gasteiger partial charge in [-0.2, -0.15) is 0 Å². The number of amides is 1. The van der Waals surface area contributed by atoms with Gasteiger partial charge in [-0.3, -0.25) is 4.79 Å². The number of carbonyl (C=O) groups is 1. The molecule has 112 valence electrons. The van der Waals surface area contributed by atoms with Crippen LogP contribution in [0.1, 0.15) is 17.3 Å². The van der Waals surface area contributed by atoms with Gasteiger partial charge in [0, 0.05) is 32.0 Å². The van der Waals surface area contributed by atoms with E-state index in [4.69, 9.17) is 5.73 Å². The van der Waals surface area contributed by atoms with E-state index in [2.05, 4.69) is 5.32 Å². The summed E-state index contributed by atoms with van der Waals surface area (Å²) in [6, 6.07) is 4.97. The van der Waals surface area contributed by atoms with Crippen molar-refractivity contribution >= 4 is 27.1 Å². The Labute approximate surface area is 119 Å². The van der Waals surface area contributed by atoms with Gasteiger partial charge in [0.05, 0.1) is 17.1 Å². The molecule has 6 nitrogen and oxygen atoms in total. The molecule has 0 unspecified atom stereocenters. The molecule has 0 aromatic heterocycles. The van der Waals surface area contributed by atoms with Crippen LogP contribution in [0, 0.1) is 0 Å². The van der Waals surface area contributed by atoms with Gasteiger partial charge >= 0.3 is 0 Å². The molecule has 3 N–H and O–H groups in total. The molecule has 1 aromatic rings. The van der Waals surface area contributed by atoms with Crippen molar-refractivity contribution in [2.75, 3.05) is 42.8 Å². The second kappa shape index (κ2) is 6.60. The Morgan fingerprint density at radius 3 is 2.60 bits per heavy atom. The highest BCUT2D eigenvalue weighted by molar-refractivity contribution is 7.90. The fourth-order valence-corrected chi connectivity index (χ4v) is 2.31. The van der Waals surface area contributed by atoms with Gasteiger partial charge in [0.15, 0.2) is 0 Å². The van der Waals surface area contributed by atoms with Gasteiger partial charge in [-0.05, 0) is 25.1 Å². The number of rotatable bonds is 6. The molecule has 0 aliphatic heterocycles. The number of hydrogen-bond donors (Lipinski definition) is 2. The largest absolute Gasteiger partial charge is 0.397 e. The first-order chi connectivity index (χ1) is 9.24. The summed E-state index contributed by atoms with van der Waals surface area (Å²) in [6.07, 6.45) is 1.19. The minimum absolute atomic E-state index is 0.0360. The maximum absolute atomic E-state index is 11.8. The van der Waals surface area contributed by atoms with E-state index in [-0.39, 0.29) is 11.7 Å². The van der Waals surface area contributed by atoms with E-state index in [9.17, 15) is 13.2 Å². The lowest BCUT2D eigenvalue weighted by Gasteiger charge is -2.21. The number of hydrogen-bond acceptors (Lipinski definition) is 5. The van der Waals surface area contributed by atoms with Crippen LogP contribution in [0.2, 0.25) is 0 Å². The summed E-state index contributed by atoms with van der Waals surface area (Å²) in [5.74, 6) is -0.140. The van der Waals surface area contributed by atoms with E-state index in [1.165, 1.54) is 6.26 Å². The molecule has 0 fully saturated rings. The normalized spacial score (nSPS) is 11.2. The van der Waals surface area contributed by atoms with Crippen molar-refractivity contribution in [3.63, 3.8) is 0 Å². The lowest BCUT2D eigenvalue weighted by atomic mass is 10.1. The van der Waals surface area contributed by atoms with Crippen LogP contribution in [0.25, 0.3) is 0 Å². The summed E-state index contributed by atoms with van der Waals surface area (Å²) in [7, 11) is -1.29. The number of anilines is 2. The summed E-state index contributed by atoms with van der Waals surface area (Å²) in [4.78, 5) is 13.5. The second-order valence-electron chi connectivity index (χ2n) is 4.68. The fraction of sp³-hybridized carbons (Fsp3) is 0.462. The average Bonchev–Trinajstić information content (AvgIpc) is 2.36. The summed E-state index contributed by atoms with van der Waals surface area (Å²) in [5, 5.41) is 2.71. The number of benzene rings is 1. The second-order valence-corrected chi connectivity index (χ2v) is 6.94. The molecular weight excluding hydrogens is 278 g/mol. The van der Waals surface area contributed by atoms with Crippen LogP contribution in [0.3, 0.4) is 0 Å². The van der Waals surface area contributed by atoms with Crippen molar-refractivity contribution in [3.8, 4) is 0 Å². The van der Waals surface area contributed by atoms with E-state index in [1.54, 1.807) is 30.1 Å². The first-order valence-electron chi connectivity index (χ1n) is 6.31. The summed E-state index contributed by atoms with van der Waals surface area (Å²) < 4.78 is 22.4. The molecule has 0 saturated heterocycles. The molecule has 0 atom stereocenters. The molecule has 0 aliphatic carbocycles. The molecule has 1 aromatic carbocycles. The maximum Gasteiger partial charge on any atom is 0.251 e. The molecular formula is C13H21N3O3S. The van der Waals surface area contributed by atoms with Gasteiger partial charge in [-0.15, -0.1) is 0 Å². The zero-order valence-corrected chi connectivity index (χ0v) is 12.8. The van der Waals surface area contributed by atoms with Gasteiger partial charge in [0.1, 0.15) is 9.84 Å².